The Morgan fingerprint density at radius 2 is 1.75 bits per heavy atom. The maximum Gasteiger partial charge on any atom is 0.176 e. The van der Waals surface area contributed by atoms with Gasteiger partial charge in [-0.1, -0.05) is 43.2 Å². The van der Waals surface area contributed by atoms with E-state index >= 15 is 0 Å². The quantitative estimate of drug-likeness (QED) is 0.787. The summed E-state index contributed by atoms with van der Waals surface area (Å²) in [5.74, 6) is 1.14. The fraction of sp³-hybridized carbons (Fsp3) is 0.588. The van der Waals surface area contributed by atoms with Crippen molar-refractivity contribution in [1.29, 1.82) is 0 Å². The number of halogens is 1. The van der Waals surface area contributed by atoms with Gasteiger partial charge < -0.3 is 0 Å². The molecule has 0 bridgehead atoms. The molecule has 1 heterocycles. The van der Waals surface area contributed by atoms with Crippen LogP contribution in [0.1, 0.15) is 48.9 Å². The number of ketones is 1. The van der Waals surface area contributed by atoms with Gasteiger partial charge in [0.15, 0.2) is 5.78 Å². The summed E-state index contributed by atoms with van der Waals surface area (Å²) in [7, 11) is 0. The molecule has 110 valence electrons. The van der Waals surface area contributed by atoms with Gasteiger partial charge in [0.2, 0.25) is 0 Å². The summed E-state index contributed by atoms with van der Waals surface area (Å²) in [6.07, 6.45) is 8.05. The molecule has 0 aromatic heterocycles. The van der Waals surface area contributed by atoms with Crippen LogP contribution in [-0.2, 0) is 0 Å². The molecule has 1 saturated carbocycles. The molecule has 0 unspecified atom stereocenters. The monoisotopic (exact) mass is 293 g/mol. The van der Waals surface area contributed by atoms with Crippen LogP contribution < -0.4 is 0 Å². The lowest BCUT2D eigenvalue weighted by Gasteiger charge is -2.43. The van der Waals surface area contributed by atoms with Crippen molar-refractivity contribution in [2.45, 2.75) is 44.6 Å². The third kappa shape index (κ3) is 3.42. The first-order chi connectivity index (χ1) is 9.34. The van der Waals surface area contributed by atoms with Crippen LogP contribution in [-0.4, -0.2) is 29.8 Å². The van der Waals surface area contributed by atoms with Gasteiger partial charge in [0.1, 0.15) is 0 Å². The van der Waals surface area contributed by atoms with Crippen LogP contribution in [0.2, 0.25) is 0 Å². The first-order valence-corrected chi connectivity index (χ1v) is 7.67. The van der Waals surface area contributed by atoms with Crippen molar-refractivity contribution >= 4 is 18.2 Å². The summed E-state index contributed by atoms with van der Waals surface area (Å²) in [6, 6.07) is 10.4. The Morgan fingerprint density at radius 3 is 2.55 bits per heavy atom. The Hall–Kier alpha value is -0.860. The second kappa shape index (κ2) is 7.24. The SMILES string of the molecule is Cl.O=C(CN1CCC[C@@H]2CCCC[C@H]21)c1ccccc1. The van der Waals surface area contributed by atoms with Gasteiger partial charge in [-0.05, 0) is 38.1 Å². The summed E-state index contributed by atoms with van der Waals surface area (Å²) in [5, 5.41) is 0. The number of piperidine rings is 1. The van der Waals surface area contributed by atoms with Crippen LogP contribution in [0.3, 0.4) is 0 Å². The summed E-state index contributed by atoms with van der Waals surface area (Å²) in [6.45, 7) is 1.73. The van der Waals surface area contributed by atoms with E-state index in [1.165, 1.54) is 38.5 Å². The van der Waals surface area contributed by atoms with Crippen LogP contribution >= 0.6 is 12.4 Å². The number of Topliss-reactive ketones (excluding diaryl/α,β-unsaturated/α-hetero) is 1. The molecule has 3 heteroatoms. The number of nitrogens with zero attached hydrogens (tertiary/aromatic N) is 1. The van der Waals surface area contributed by atoms with Crippen LogP contribution in [0, 0.1) is 5.92 Å². The Morgan fingerprint density at radius 1 is 1.05 bits per heavy atom. The Labute approximate surface area is 128 Å². The predicted molar refractivity (Wildman–Crippen MR) is 84.6 cm³/mol. The van der Waals surface area contributed by atoms with E-state index in [1.54, 1.807) is 0 Å². The van der Waals surface area contributed by atoms with Gasteiger partial charge in [-0.25, -0.2) is 0 Å². The van der Waals surface area contributed by atoms with Gasteiger partial charge in [-0.2, -0.15) is 0 Å². The number of likely N-dealkylation sites (tertiary alicyclic amines) is 1. The van der Waals surface area contributed by atoms with Crippen LogP contribution in [0.25, 0.3) is 0 Å². The molecular weight excluding hydrogens is 270 g/mol. The minimum atomic E-state index is 0. The van der Waals surface area contributed by atoms with Gasteiger partial charge in [0.05, 0.1) is 6.54 Å². The van der Waals surface area contributed by atoms with Gasteiger partial charge in [-0.15, -0.1) is 12.4 Å². The van der Waals surface area contributed by atoms with Crippen molar-refractivity contribution in [3.05, 3.63) is 35.9 Å². The van der Waals surface area contributed by atoms with Gasteiger partial charge in [-0.3, -0.25) is 9.69 Å². The molecular formula is C17H24ClNO. The molecule has 3 rings (SSSR count). The number of fused-ring (bicyclic) bond motifs is 1. The highest BCUT2D eigenvalue weighted by Crippen LogP contribution is 2.35. The molecule has 1 aromatic rings. The molecule has 0 radical (unpaired) electrons. The average Bonchev–Trinajstić information content (AvgIpc) is 2.48. The molecule has 1 aromatic carbocycles. The largest absolute Gasteiger partial charge is 0.293 e. The maximum atomic E-state index is 12.3. The fourth-order valence-corrected chi connectivity index (χ4v) is 3.82. The van der Waals surface area contributed by atoms with E-state index < -0.39 is 0 Å². The zero-order chi connectivity index (χ0) is 13.1. The number of rotatable bonds is 3. The number of carbonyl (C=O) groups excluding carboxylic acids is 1. The van der Waals surface area contributed by atoms with Gasteiger partial charge in [0.25, 0.3) is 0 Å². The minimum absolute atomic E-state index is 0. The van der Waals surface area contributed by atoms with E-state index in [1.807, 2.05) is 30.3 Å². The van der Waals surface area contributed by atoms with Crippen LogP contribution in [0.5, 0.6) is 0 Å². The molecule has 20 heavy (non-hydrogen) atoms. The van der Waals surface area contributed by atoms with Crippen molar-refractivity contribution in [3.63, 3.8) is 0 Å². The fourth-order valence-electron chi connectivity index (χ4n) is 3.82. The lowest BCUT2D eigenvalue weighted by atomic mass is 9.78. The Bertz CT molecular complexity index is 432. The molecule has 2 fully saturated rings. The van der Waals surface area contributed by atoms with E-state index in [4.69, 9.17) is 0 Å². The van der Waals surface area contributed by atoms with E-state index in [9.17, 15) is 4.79 Å². The Kier molecular flexibility index (Phi) is 5.62. The van der Waals surface area contributed by atoms with Crippen LogP contribution in [0.4, 0.5) is 0 Å². The highest BCUT2D eigenvalue weighted by Gasteiger charge is 2.33. The van der Waals surface area contributed by atoms with E-state index in [-0.39, 0.29) is 18.2 Å². The number of carbonyl (C=O) groups is 1. The number of hydrogen-bond acceptors (Lipinski definition) is 2. The average molecular weight is 294 g/mol. The topological polar surface area (TPSA) is 20.3 Å². The van der Waals surface area contributed by atoms with E-state index in [0.717, 1.165) is 18.0 Å². The van der Waals surface area contributed by atoms with Crippen molar-refractivity contribution in [3.8, 4) is 0 Å². The van der Waals surface area contributed by atoms with E-state index in [2.05, 4.69) is 4.90 Å². The zero-order valence-electron chi connectivity index (χ0n) is 12.0. The highest BCUT2D eigenvalue weighted by atomic mass is 35.5. The first-order valence-electron chi connectivity index (χ1n) is 7.67. The number of benzene rings is 1. The first kappa shape index (κ1) is 15.5. The van der Waals surface area contributed by atoms with Gasteiger partial charge >= 0.3 is 0 Å². The molecule has 1 aliphatic carbocycles. The lowest BCUT2D eigenvalue weighted by molar-refractivity contribution is 0.0539. The normalized spacial score (nSPS) is 26.4. The molecule has 0 N–H and O–H groups in total. The summed E-state index contributed by atoms with van der Waals surface area (Å²) in [5.41, 5.74) is 0.862. The van der Waals surface area contributed by atoms with E-state index in [0.29, 0.717) is 12.6 Å². The number of hydrogen-bond donors (Lipinski definition) is 0. The minimum Gasteiger partial charge on any atom is -0.293 e. The Balaban J connectivity index is 0.00000147. The predicted octanol–water partition coefficient (Wildman–Crippen LogP) is 3.95. The van der Waals surface area contributed by atoms with Crippen molar-refractivity contribution in [1.82, 2.24) is 4.90 Å². The third-order valence-corrected chi connectivity index (χ3v) is 4.80. The molecule has 2 atom stereocenters. The standard InChI is InChI=1S/C17H23NO.ClH/c19-17(15-8-2-1-3-9-15)13-18-12-6-10-14-7-4-5-11-16(14)18;/h1-3,8-9,14,16H,4-7,10-13H2;1H/t14-,16+;/m0./s1. The van der Waals surface area contributed by atoms with Crippen molar-refractivity contribution in [2.24, 2.45) is 5.92 Å². The molecule has 2 aliphatic rings. The van der Waals surface area contributed by atoms with Crippen molar-refractivity contribution < 1.29 is 4.79 Å². The highest BCUT2D eigenvalue weighted by molar-refractivity contribution is 5.97. The molecule has 0 spiro atoms. The lowest BCUT2D eigenvalue weighted by Crippen LogP contribution is -2.48. The second-order valence-corrected chi connectivity index (χ2v) is 6.01. The molecule has 1 saturated heterocycles. The molecule has 1 aliphatic heterocycles. The summed E-state index contributed by atoms with van der Waals surface area (Å²) in [4.78, 5) is 14.8. The zero-order valence-corrected chi connectivity index (χ0v) is 12.8. The van der Waals surface area contributed by atoms with Gasteiger partial charge in [0, 0.05) is 11.6 Å². The summed E-state index contributed by atoms with van der Waals surface area (Å²) >= 11 is 0. The third-order valence-electron chi connectivity index (χ3n) is 4.80. The van der Waals surface area contributed by atoms with Crippen molar-refractivity contribution in [2.75, 3.05) is 13.1 Å². The maximum absolute atomic E-state index is 12.3. The smallest absolute Gasteiger partial charge is 0.176 e. The summed E-state index contributed by atoms with van der Waals surface area (Å²) < 4.78 is 0. The second-order valence-electron chi connectivity index (χ2n) is 6.01. The van der Waals surface area contributed by atoms with Crippen LogP contribution in [0.15, 0.2) is 30.3 Å². The molecule has 2 nitrogen and oxygen atoms in total. The molecule has 0 amide bonds.